The average molecular weight is 404 g/mol. The van der Waals surface area contributed by atoms with Crippen molar-refractivity contribution in [3.63, 3.8) is 0 Å². The lowest BCUT2D eigenvalue weighted by molar-refractivity contribution is -0.142. The van der Waals surface area contributed by atoms with Crippen LogP contribution in [0.25, 0.3) is 0 Å². The first-order chi connectivity index (χ1) is 14.5. The van der Waals surface area contributed by atoms with Crippen LogP contribution in [0.5, 0.6) is 5.75 Å². The zero-order valence-corrected chi connectivity index (χ0v) is 16.0. The van der Waals surface area contributed by atoms with Gasteiger partial charge < -0.3 is 4.74 Å². The molecule has 5 rings (SSSR count). The number of ether oxygens (including phenoxy) is 1. The van der Waals surface area contributed by atoms with Crippen molar-refractivity contribution in [2.75, 3.05) is 0 Å². The molecule has 5 heteroatoms. The van der Waals surface area contributed by atoms with Gasteiger partial charge in [-0.1, -0.05) is 42.5 Å². The van der Waals surface area contributed by atoms with Crippen molar-refractivity contribution >= 4 is 11.8 Å². The second-order valence-electron chi connectivity index (χ2n) is 7.91. The maximum Gasteiger partial charge on any atom is 0.323 e. The summed E-state index contributed by atoms with van der Waals surface area (Å²) in [6, 6.07) is 19.0. The zero-order valence-electron chi connectivity index (χ0n) is 16.0. The van der Waals surface area contributed by atoms with Gasteiger partial charge in [-0.3, -0.25) is 9.59 Å². The smallest absolute Gasteiger partial charge is 0.323 e. The molecule has 1 aliphatic carbocycles. The van der Waals surface area contributed by atoms with E-state index >= 15 is 0 Å². The minimum Gasteiger partial charge on any atom is -0.426 e. The molecule has 3 aromatic rings. The van der Waals surface area contributed by atoms with Gasteiger partial charge in [0.15, 0.2) is 0 Å². The molecule has 0 N–H and O–H groups in total. The van der Waals surface area contributed by atoms with Gasteiger partial charge in [0.25, 0.3) is 0 Å². The summed E-state index contributed by atoms with van der Waals surface area (Å²) in [5.74, 6) is -1.78. The first kappa shape index (κ1) is 18.7. The fourth-order valence-electron chi connectivity index (χ4n) is 5.11. The van der Waals surface area contributed by atoms with Gasteiger partial charge in [0, 0.05) is 30.2 Å². The zero-order chi connectivity index (χ0) is 20.9. The topological polar surface area (TPSA) is 43.4 Å². The van der Waals surface area contributed by atoms with Gasteiger partial charge in [0.2, 0.25) is 0 Å². The summed E-state index contributed by atoms with van der Waals surface area (Å²) in [6.45, 7) is 0. The Labute approximate surface area is 172 Å². The summed E-state index contributed by atoms with van der Waals surface area (Å²) in [5, 5.41) is 0. The molecule has 150 valence electrons. The van der Waals surface area contributed by atoms with Crippen molar-refractivity contribution in [3.8, 4) is 5.75 Å². The summed E-state index contributed by atoms with van der Waals surface area (Å²) in [7, 11) is 0. The van der Waals surface area contributed by atoms with Crippen LogP contribution in [0.2, 0.25) is 0 Å². The van der Waals surface area contributed by atoms with E-state index in [4.69, 9.17) is 4.74 Å². The second-order valence-corrected chi connectivity index (χ2v) is 7.91. The van der Waals surface area contributed by atoms with E-state index in [0.29, 0.717) is 22.4 Å². The van der Waals surface area contributed by atoms with Crippen molar-refractivity contribution in [2.24, 2.45) is 0 Å². The van der Waals surface area contributed by atoms with Gasteiger partial charge in [-0.05, 0) is 41.5 Å². The number of carbonyl (C=O) groups excluding carboxylic acids is 2. The fraction of sp³-hybridized carbons (Fsp3) is 0.200. The molecule has 1 saturated carbocycles. The number of hydrogen-bond acceptors (Lipinski definition) is 3. The Bertz CT molecular complexity index is 1080. The van der Waals surface area contributed by atoms with Crippen LogP contribution in [0.4, 0.5) is 8.78 Å². The largest absolute Gasteiger partial charge is 0.426 e. The number of Topliss-reactive ketones (excluding diaryl/α,β-unsaturated/α-hetero) is 1. The first-order valence-electron chi connectivity index (χ1n) is 9.84. The van der Waals surface area contributed by atoms with Gasteiger partial charge in [0.1, 0.15) is 28.6 Å². The van der Waals surface area contributed by atoms with Crippen molar-refractivity contribution in [1.82, 2.24) is 0 Å². The number of halogens is 2. The Balaban J connectivity index is 1.78. The highest BCUT2D eigenvalue weighted by Gasteiger charge is 2.62. The predicted octanol–water partition coefficient (Wildman–Crippen LogP) is 5.05. The average Bonchev–Trinajstić information content (AvgIpc) is 3.03. The van der Waals surface area contributed by atoms with Crippen LogP contribution in [-0.2, 0) is 15.0 Å². The molecule has 0 bridgehead atoms. The van der Waals surface area contributed by atoms with E-state index in [1.165, 1.54) is 24.3 Å². The lowest BCUT2D eigenvalue weighted by atomic mass is 9.54. The maximum atomic E-state index is 13.6. The summed E-state index contributed by atoms with van der Waals surface area (Å²) >= 11 is 0. The van der Waals surface area contributed by atoms with Gasteiger partial charge in [0.05, 0.1) is 0 Å². The Kier molecular flexibility index (Phi) is 4.28. The highest BCUT2D eigenvalue weighted by Crippen LogP contribution is 2.60. The van der Waals surface area contributed by atoms with Crippen LogP contribution in [0.15, 0.2) is 72.8 Å². The monoisotopic (exact) mass is 404 g/mol. The highest BCUT2D eigenvalue weighted by atomic mass is 19.1. The van der Waals surface area contributed by atoms with E-state index in [1.807, 2.05) is 12.1 Å². The van der Waals surface area contributed by atoms with Gasteiger partial charge >= 0.3 is 5.97 Å². The summed E-state index contributed by atoms with van der Waals surface area (Å²) in [5.41, 5.74) is 0.960. The van der Waals surface area contributed by atoms with Gasteiger partial charge in [-0.15, -0.1) is 0 Å². The Morgan fingerprint density at radius 2 is 1.23 bits per heavy atom. The van der Waals surface area contributed by atoms with Crippen molar-refractivity contribution in [1.29, 1.82) is 0 Å². The summed E-state index contributed by atoms with van der Waals surface area (Å²) in [6.07, 6.45) is 0.291. The predicted molar refractivity (Wildman–Crippen MR) is 106 cm³/mol. The summed E-state index contributed by atoms with van der Waals surface area (Å²) < 4.78 is 32.9. The SMILES string of the molecule is O=C1C[C@H](c2ccc(F)cc2)C2(C(=O)Oc3ccccc32)[C@@H](c2ccc(F)cc2)C1. The molecule has 1 spiro atoms. The third-order valence-electron chi connectivity index (χ3n) is 6.38. The molecule has 1 heterocycles. The summed E-state index contributed by atoms with van der Waals surface area (Å²) in [4.78, 5) is 26.4. The molecule has 3 aromatic carbocycles. The van der Waals surface area contributed by atoms with Crippen molar-refractivity contribution < 1.29 is 23.1 Å². The Morgan fingerprint density at radius 3 is 1.77 bits per heavy atom. The molecule has 1 aliphatic heterocycles. The molecule has 0 radical (unpaired) electrons. The number of benzene rings is 3. The molecule has 3 nitrogen and oxygen atoms in total. The van der Waals surface area contributed by atoms with Crippen LogP contribution in [0.1, 0.15) is 41.4 Å². The third kappa shape index (κ3) is 2.69. The van der Waals surface area contributed by atoms with Crippen LogP contribution >= 0.6 is 0 Å². The number of para-hydroxylation sites is 1. The van der Waals surface area contributed by atoms with Crippen molar-refractivity contribution in [3.05, 3.63) is 101 Å². The molecule has 30 heavy (non-hydrogen) atoms. The molecular formula is C25H18F2O3. The number of hydrogen-bond donors (Lipinski definition) is 0. The standard InChI is InChI=1S/C25H18F2O3/c26-17-9-5-15(6-10-17)21-13-19(28)14-22(16-7-11-18(27)12-8-16)25(21)20-3-1-2-4-23(20)30-24(25)29/h1-12,21-22H,13-14H2/t21-,22-/m1/s1. The van der Waals surface area contributed by atoms with Gasteiger partial charge in [-0.25, -0.2) is 8.78 Å². The van der Waals surface area contributed by atoms with Crippen LogP contribution in [0, 0.1) is 11.6 Å². The van der Waals surface area contributed by atoms with E-state index in [0.717, 1.165) is 0 Å². The van der Waals surface area contributed by atoms with Crippen LogP contribution in [0.3, 0.4) is 0 Å². The molecule has 0 amide bonds. The lowest BCUT2D eigenvalue weighted by Gasteiger charge is -2.44. The highest BCUT2D eigenvalue weighted by molar-refractivity contribution is 5.97. The third-order valence-corrected chi connectivity index (χ3v) is 6.38. The molecular weight excluding hydrogens is 386 g/mol. The normalized spacial score (nSPS) is 22.1. The van der Waals surface area contributed by atoms with Gasteiger partial charge in [-0.2, -0.15) is 0 Å². The number of fused-ring (bicyclic) bond motifs is 2. The van der Waals surface area contributed by atoms with Crippen molar-refractivity contribution in [2.45, 2.75) is 30.1 Å². The van der Waals surface area contributed by atoms with Crippen LogP contribution < -0.4 is 4.74 Å². The number of carbonyl (C=O) groups is 2. The molecule has 1 fully saturated rings. The Morgan fingerprint density at radius 1 is 0.733 bits per heavy atom. The fourth-order valence-corrected chi connectivity index (χ4v) is 5.11. The number of esters is 1. The maximum absolute atomic E-state index is 13.6. The van der Waals surface area contributed by atoms with E-state index in [-0.39, 0.29) is 30.3 Å². The second kappa shape index (κ2) is 6.87. The van der Waals surface area contributed by atoms with E-state index in [9.17, 15) is 18.4 Å². The minimum absolute atomic E-state index is 0.00135. The van der Waals surface area contributed by atoms with E-state index in [1.54, 1.807) is 36.4 Å². The Hall–Kier alpha value is -3.34. The molecule has 2 aliphatic rings. The molecule has 0 aromatic heterocycles. The first-order valence-corrected chi connectivity index (χ1v) is 9.84. The molecule has 0 unspecified atom stereocenters. The van der Waals surface area contributed by atoms with E-state index in [2.05, 4.69) is 0 Å². The van der Waals surface area contributed by atoms with Crippen LogP contribution in [-0.4, -0.2) is 11.8 Å². The minimum atomic E-state index is -1.15. The van der Waals surface area contributed by atoms with E-state index < -0.39 is 23.2 Å². The number of rotatable bonds is 2. The molecule has 2 atom stereocenters. The quantitative estimate of drug-likeness (QED) is 0.443. The number of ketones is 1. The molecule has 0 saturated heterocycles. The lowest BCUT2D eigenvalue weighted by Crippen LogP contribution is -2.49.